The number of rotatable bonds is 1. The molecule has 1 aromatic rings. The zero-order chi connectivity index (χ0) is 6.69. The van der Waals surface area contributed by atoms with E-state index in [0.29, 0.717) is 0 Å². The van der Waals surface area contributed by atoms with Gasteiger partial charge in [0.1, 0.15) is 0 Å². The van der Waals surface area contributed by atoms with Crippen molar-refractivity contribution in [2.24, 2.45) is 0 Å². The van der Waals surface area contributed by atoms with Crippen molar-refractivity contribution in [1.82, 2.24) is 0 Å². The van der Waals surface area contributed by atoms with Crippen LogP contribution < -0.4 is 43.0 Å². The van der Waals surface area contributed by atoms with Crippen LogP contribution in [0.2, 0.25) is 0 Å². The molecule has 0 unspecified atom stereocenters. The van der Waals surface area contributed by atoms with Crippen LogP contribution in [0.25, 0.3) is 0 Å². The number of aryl methyl sites for hydroxylation is 1. The molecule has 11 heavy (non-hydrogen) atoms. The van der Waals surface area contributed by atoms with E-state index in [1.807, 2.05) is 12.1 Å². The van der Waals surface area contributed by atoms with E-state index in [4.69, 9.17) is 0 Å². The van der Waals surface area contributed by atoms with E-state index in [9.17, 15) is 0 Å². The van der Waals surface area contributed by atoms with Crippen molar-refractivity contribution in [2.75, 3.05) is 0 Å². The van der Waals surface area contributed by atoms with Crippen LogP contribution in [0.5, 0.6) is 0 Å². The molecule has 1 rings (SSSR count). The first-order valence-electron chi connectivity index (χ1n) is 3.11. The summed E-state index contributed by atoms with van der Waals surface area (Å²) in [4.78, 5) is 0. The van der Waals surface area contributed by atoms with E-state index in [0.717, 1.165) is 11.7 Å². The van der Waals surface area contributed by atoms with Crippen molar-refractivity contribution >= 4 is 14.5 Å². The largest absolute Gasteiger partial charge is 1.45 e. The van der Waals surface area contributed by atoms with E-state index in [2.05, 4.69) is 28.3 Å². The molecule has 0 saturated heterocycles. The fraction of sp³-hybridized carbons (Fsp3) is 0.250. The van der Waals surface area contributed by atoms with E-state index in [1.165, 1.54) is 5.56 Å². The Hall–Kier alpha value is 0.845. The van der Waals surface area contributed by atoms with Crippen LogP contribution in [0, 0.1) is 0 Å². The van der Waals surface area contributed by atoms with Crippen LogP contribution in [0.3, 0.4) is 0 Å². The summed E-state index contributed by atoms with van der Waals surface area (Å²) in [5, 5.41) is 1.03. The van der Waals surface area contributed by atoms with E-state index in [1.54, 1.807) is 0 Å². The summed E-state index contributed by atoms with van der Waals surface area (Å²) in [5.74, 6) is 0. The smallest absolute Gasteiger partial charge is 1.00 e. The van der Waals surface area contributed by atoms with Crippen molar-refractivity contribution < 1.29 is 37.7 Å². The van der Waals surface area contributed by atoms with Crippen molar-refractivity contribution in [3.05, 3.63) is 29.8 Å². The van der Waals surface area contributed by atoms with Gasteiger partial charge in [-0.1, -0.05) is 19.1 Å². The van der Waals surface area contributed by atoms with Gasteiger partial charge in [0.2, 0.25) is 0 Å². The monoisotopic (exact) mass is 150 g/mol. The molecule has 1 aromatic carbocycles. The normalized spacial score (nSPS) is 7.82. The summed E-state index contributed by atoms with van der Waals surface area (Å²) < 4.78 is 0. The van der Waals surface area contributed by atoms with Crippen molar-refractivity contribution in [1.29, 1.82) is 0 Å². The molecule has 0 spiro atoms. The van der Waals surface area contributed by atoms with Gasteiger partial charge >= 0.3 is 37.7 Å². The predicted molar refractivity (Wildman–Crippen MR) is 42.4 cm³/mol. The molecule has 48 valence electrons. The van der Waals surface area contributed by atoms with Gasteiger partial charge in [-0.05, 0) is 12.0 Å². The Kier molecular flexibility index (Phi) is 9.79. The SMILES string of the molecule is CCc1ccc([P-2])cc1.[Li+].[Li+]. The van der Waals surface area contributed by atoms with Gasteiger partial charge in [-0.25, -0.2) is 0 Å². The van der Waals surface area contributed by atoms with Crippen molar-refractivity contribution in [3.63, 3.8) is 0 Å². The van der Waals surface area contributed by atoms with Crippen LogP contribution in [-0.4, -0.2) is 0 Å². The van der Waals surface area contributed by atoms with E-state index in [-0.39, 0.29) is 37.7 Å². The predicted octanol–water partition coefficient (Wildman–Crippen LogP) is -3.71. The third-order valence-corrected chi connectivity index (χ3v) is 1.64. The van der Waals surface area contributed by atoms with E-state index >= 15 is 0 Å². The molecule has 3 heteroatoms. The Morgan fingerprint density at radius 2 is 1.55 bits per heavy atom. The number of benzene rings is 1. The summed E-state index contributed by atoms with van der Waals surface area (Å²) in [6.07, 6.45) is 1.11. The Balaban J connectivity index is 0. The fourth-order valence-corrected chi connectivity index (χ4v) is 0.881. The van der Waals surface area contributed by atoms with Gasteiger partial charge in [0, 0.05) is 0 Å². The van der Waals surface area contributed by atoms with Gasteiger partial charge in [0.05, 0.1) is 0 Å². The summed E-state index contributed by atoms with van der Waals surface area (Å²) in [6.45, 7) is 2.15. The summed E-state index contributed by atoms with van der Waals surface area (Å²) in [6, 6.07) is 8.23. The van der Waals surface area contributed by atoms with Gasteiger partial charge < -0.3 is 14.5 Å². The zero-order valence-electron chi connectivity index (χ0n) is 7.46. The van der Waals surface area contributed by atoms with Crippen LogP contribution in [0.15, 0.2) is 24.3 Å². The molecule has 0 saturated carbocycles. The minimum Gasteiger partial charge on any atom is -1.45 e. The third kappa shape index (κ3) is 5.14. The maximum atomic E-state index is 4.17. The second kappa shape index (κ2) is 7.49. The molecule has 0 aliphatic rings. The van der Waals surface area contributed by atoms with Gasteiger partial charge in [-0.15, -0.1) is 12.1 Å². The molecular formula is C8H9Li2P. The molecule has 0 heterocycles. The average Bonchev–Trinajstić information content (AvgIpc) is 1.90. The zero-order valence-corrected chi connectivity index (χ0v) is 8.36. The fourth-order valence-electron chi connectivity index (χ4n) is 0.732. The molecule has 0 bridgehead atoms. The van der Waals surface area contributed by atoms with Crippen molar-refractivity contribution in [2.45, 2.75) is 13.3 Å². The molecule has 0 aliphatic heterocycles. The van der Waals surface area contributed by atoms with Crippen LogP contribution in [-0.2, 0) is 6.42 Å². The minimum atomic E-state index is 0. The van der Waals surface area contributed by atoms with Crippen LogP contribution >= 0.6 is 9.24 Å². The second-order valence-corrected chi connectivity index (χ2v) is 2.54. The molecule has 0 atom stereocenters. The average molecular weight is 150 g/mol. The first-order chi connectivity index (χ1) is 4.33. The Bertz CT molecular complexity index is 184. The summed E-state index contributed by atoms with van der Waals surface area (Å²) in [7, 11) is 4.17. The Morgan fingerprint density at radius 1 is 1.09 bits per heavy atom. The topological polar surface area (TPSA) is 0 Å². The first-order valence-corrected chi connectivity index (χ1v) is 3.55. The van der Waals surface area contributed by atoms with Crippen LogP contribution in [0.4, 0.5) is 0 Å². The van der Waals surface area contributed by atoms with Crippen LogP contribution in [0.1, 0.15) is 12.5 Å². The van der Waals surface area contributed by atoms with E-state index < -0.39 is 0 Å². The maximum absolute atomic E-state index is 4.17. The van der Waals surface area contributed by atoms with Gasteiger partial charge in [-0.2, -0.15) is 0 Å². The third-order valence-electron chi connectivity index (χ3n) is 1.34. The Labute approximate surface area is 95.1 Å². The minimum absolute atomic E-state index is 0. The number of hydrogen-bond donors (Lipinski definition) is 0. The van der Waals surface area contributed by atoms with Crippen molar-refractivity contribution in [3.8, 4) is 0 Å². The quantitative estimate of drug-likeness (QED) is 0.285. The molecule has 0 radical (unpaired) electrons. The molecule has 0 nitrogen and oxygen atoms in total. The summed E-state index contributed by atoms with van der Waals surface area (Å²) in [5.41, 5.74) is 1.37. The molecule has 0 amide bonds. The first kappa shape index (κ1) is 14.4. The molecule has 0 N–H and O–H groups in total. The maximum Gasteiger partial charge on any atom is 1.00 e. The second-order valence-electron chi connectivity index (χ2n) is 2.02. The Morgan fingerprint density at radius 3 is 1.91 bits per heavy atom. The van der Waals surface area contributed by atoms with Gasteiger partial charge in [0.25, 0.3) is 0 Å². The van der Waals surface area contributed by atoms with Gasteiger partial charge in [0.15, 0.2) is 0 Å². The van der Waals surface area contributed by atoms with Gasteiger partial charge in [-0.3, -0.25) is 0 Å². The number of hydrogen-bond acceptors (Lipinski definition) is 0. The summed E-state index contributed by atoms with van der Waals surface area (Å²) >= 11 is 0. The molecule has 0 aliphatic carbocycles. The standard InChI is InChI=1S/C8H9P.2Li/c1-2-7-3-5-8(9)6-4-7;;/h3-6H,2H2,1H3;;/q-2;2*+1. The molecular weight excluding hydrogens is 141 g/mol. The molecule has 0 fully saturated rings. The molecule has 0 aromatic heterocycles.